The number of amides is 3. The first-order valence-corrected chi connectivity index (χ1v) is 12.8. The van der Waals surface area contributed by atoms with Crippen molar-refractivity contribution in [1.29, 1.82) is 0 Å². The van der Waals surface area contributed by atoms with Crippen LogP contribution < -0.4 is 10.2 Å². The van der Waals surface area contributed by atoms with E-state index >= 15 is 0 Å². The number of piperidine rings is 2. The Morgan fingerprint density at radius 2 is 1.72 bits per heavy atom. The average molecular weight is 491 g/mol. The van der Waals surface area contributed by atoms with Gasteiger partial charge in [-0.2, -0.15) is 0 Å². The van der Waals surface area contributed by atoms with Crippen LogP contribution in [0.2, 0.25) is 0 Å². The van der Waals surface area contributed by atoms with E-state index in [9.17, 15) is 14.4 Å². The minimum absolute atomic E-state index is 0.0669. The predicted molar refractivity (Wildman–Crippen MR) is 137 cm³/mol. The molecule has 0 aliphatic carbocycles. The van der Waals surface area contributed by atoms with Crippen molar-refractivity contribution in [2.75, 3.05) is 44.7 Å². The third-order valence-electron chi connectivity index (χ3n) is 7.71. The third-order valence-corrected chi connectivity index (χ3v) is 7.71. The van der Waals surface area contributed by atoms with Crippen molar-refractivity contribution in [2.45, 2.75) is 38.3 Å². The highest BCUT2D eigenvalue weighted by atomic mass is 16.5. The summed E-state index contributed by atoms with van der Waals surface area (Å²) in [6.07, 6.45) is 3.57. The van der Waals surface area contributed by atoms with Gasteiger partial charge in [0.05, 0.1) is 19.1 Å². The number of rotatable bonds is 6. The van der Waals surface area contributed by atoms with Gasteiger partial charge in [0.2, 0.25) is 5.91 Å². The van der Waals surface area contributed by atoms with Gasteiger partial charge in [-0.1, -0.05) is 24.3 Å². The zero-order chi connectivity index (χ0) is 25.1. The van der Waals surface area contributed by atoms with E-state index in [2.05, 4.69) is 15.1 Å². The topological polar surface area (TPSA) is 82.2 Å². The molecule has 2 aromatic carbocycles. The molecule has 3 fully saturated rings. The van der Waals surface area contributed by atoms with E-state index in [-0.39, 0.29) is 17.9 Å². The standard InChI is InChI=1S/C28H34N4O4/c1-36-27(34)22-8-4-21(5-9-22)18-30-15-12-25-23(19-30)3-2-14-32(25)26(33)17-20-6-10-24(11-7-20)31-16-13-29-28(31)35/h4-11,23,25H,2-3,12-19H2,1H3,(H,29,35)/t23-,25+/m1/s1. The lowest BCUT2D eigenvalue weighted by molar-refractivity contribution is -0.137. The minimum Gasteiger partial charge on any atom is -0.465 e. The van der Waals surface area contributed by atoms with Gasteiger partial charge in [-0.05, 0) is 60.6 Å². The molecule has 0 spiro atoms. The predicted octanol–water partition coefficient (Wildman–Crippen LogP) is 3.06. The van der Waals surface area contributed by atoms with Crippen LogP contribution in [0, 0.1) is 5.92 Å². The van der Waals surface area contributed by atoms with E-state index in [1.807, 2.05) is 48.5 Å². The number of likely N-dealkylation sites (tertiary alicyclic amines) is 2. The molecule has 190 valence electrons. The summed E-state index contributed by atoms with van der Waals surface area (Å²) in [5, 5.41) is 2.82. The number of anilines is 1. The molecule has 0 saturated carbocycles. The lowest BCUT2D eigenvalue weighted by Gasteiger charge is -2.47. The molecule has 2 aromatic rings. The van der Waals surface area contributed by atoms with Gasteiger partial charge in [0.25, 0.3) is 0 Å². The first-order chi connectivity index (χ1) is 17.5. The average Bonchev–Trinajstić information content (AvgIpc) is 3.34. The van der Waals surface area contributed by atoms with E-state index in [0.717, 1.165) is 56.7 Å². The molecule has 3 heterocycles. The summed E-state index contributed by atoms with van der Waals surface area (Å²) in [6.45, 7) is 4.95. The molecular weight excluding hydrogens is 456 g/mol. The summed E-state index contributed by atoms with van der Waals surface area (Å²) < 4.78 is 4.78. The molecule has 36 heavy (non-hydrogen) atoms. The molecule has 3 saturated heterocycles. The van der Waals surface area contributed by atoms with Gasteiger partial charge in [-0.15, -0.1) is 0 Å². The maximum absolute atomic E-state index is 13.3. The smallest absolute Gasteiger partial charge is 0.337 e. The maximum atomic E-state index is 13.3. The van der Waals surface area contributed by atoms with E-state index in [0.29, 0.717) is 37.0 Å². The van der Waals surface area contributed by atoms with Crippen LogP contribution in [0.25, 0.3) is 0 Å². The Kier molecular flexibility index (Phi) is 7.23. The SMILES string of the molecule is COC(=O)c1ccc(CN2CC[C@H]3[C@H](CCCN3C(=O)Cc3ccc(N4CCNC4=O)cc3)C2)cc1. The summed E-state index contributed by atoms with van der Waals surface area (Å²) in [4.78, 5) is 43.2. The van der Waals surface area contributed by atoms with Crippen LogP contribution in [0.3, 0.4) is 0 Å². The summed E-state index contributed by atoms with van der Waals surface area (Å²) in [7, 11) is 1.39. The molecule has 8 heteroatoms. The molecule has 0 radical (unpaired) electrons. The number of methoxy groups -OCH3 is 1. The number of benzene rings is 2. The molecule has 3 amide bonds. The molecule has 0 bridgehead atoms. The van der Waals surface area contributed by atoms with Gasteiger partial charge in [0.15, 0.2) is 0 Å². The fourth-order valence-corrected chi connectivity index (χ4v) is 5.84. The highest BCUT2D eigenvalue weighted by Crippen LogP contribution is 2.32. The van der Waals surface area contributed by atoms with Crippen LogP contribution >= 0.6 is 0 Å². The molecule has 3 aliphatic rings. The molecule has 3 aliphatic heterocycles. The Labute approximate surface area is 212 Å². The van der Waals surface area contributed by atoms with E-state index in [1.54, 1.807) is 4.90 Å². The van der Waals surface area contributed by atoms with Gasteiger partial charge in [-0.3, -0.25) is 14.6 Å². The number of fused-ring (bicyclic) bond motifs is 1. The molecule has 0 unspecified atom stereocenters. The van der Waals surface area contributed by atoms with Crippen LogP contribution in [0.4, 0.5) is 10.5 Å². The summed E-state index contributed by atoms with van der Waals surface area (Å²) >= 11 is 0. The fraction of sp³-hybridized carbons (Fsp3) is 0.464. The maximum Gasteiger partial charge on any atom is 0.337 e. The van der Waals surface area contributed by atoms with Crippen LogP contribution in [0.5, 0.6) is 0 Å². The van der Waals surface area contributed by atoms with Crippen LogP contribution in [0.1, 0.15) is 40.7 Å². The number of hydrogen-bond donors (Lipinski definition) is 1. The van der Waals surface area contributed by atoms with E-state index < -0.39 is 0 Å². The lowest BCUT2D eigenvalue weighted by Crippen LogP contribution is -2.55. The normalized spacial score (nSPS) is 22.2. The Balaban J connectivity index is 1.16. The number of carbonyl (C=O) groups excluding carboxylic acids is 3. The van der Waals surface area contributed by atoms with Crippen LogP contribution in [-0.2, 0) is 22.5 Å². The molecule has 0 aromatic heterocycles. The summed E-state index contributed by atoms with van der Waals surface area (Å²) in [5.74, 6) is 0.370. The largest absolute Gasteiger partial charge is 0.465 e. The van der Waals surface area contributed by atoms with Crippen LogP contribution in [0.15, 0.2) is 48.5 Å². The Morgan fingerprint density at radius 3 is 2.42 bits per heavy atom. The van der Waals surface area contributed by atoms with Gasteiger partial charge in [0.1, 0.15) is 0 Å². The number of esters is 1. The zero-order valence-corrected chi connectivity index (χ0v) is 20.8. The second kappa shape index (κ2) is 10.7. The van der Waals surface area contributed by atoms with Crippen molar-refractivity contribution < 1.29 is 19.1 Å². The molecule has 1 N–H and O–H groups in total. The molecule has 2 atom stereocenters. The second-order valence-corrected chi connectivity index (χ2v) is 10.00. The second-order valence-electron chi connectivity index (χ2n) is 10.00. The van der Waals surface area contributed by atoms with Gasteiger partial charge >= 0.3 is 12.0 Å². The Morgan fingerprint density at radius 1 is 0.972 bits per heavy atom. The third kappa shape index (κ3) is 5.23. The molecule has 5 rings (SSSR count). The summed E-state index contributed by atoms with van der Waals surface area (Å²) in [5.41, 5.74) is 3.60. The zero-order valence-electron chi connectivity index (χ0n) is 20.8. The first kappa shape index (κ1) is 24.3. The number of carbonyl (C=O) groups is 3. The number of urea groups is 1. The fourth-order valence-electron chi connectivity index (χ4n) is 5.84. The van der Waals surface area contributed by atoms with Gasteiger partial charge in [-0.25, -0.2) is 9.59 Å². The van der Waals surface area contributed by atoms with Gasteiger partial charge in [0, 0.05) is 51.0 Å². The van der Waals surface area contributed by atoms with Crippen molar-refractivity contribution in [3.05, 3.63) is 65.2 Å². The number of nitrogens with one attached hydrogen (secondary N) is 1. The molecule has 8 nitrogen and oxygen atoms in total. The van der Waals surface area contributed by atoms with Crippen molar-refractivity contribution in [3.63, 3.8) is 0 Å². The van der Waals surface area contributed by atoms with Crippen molar-refractivity contribution >= 4 is 23.6 Å². The lowest BCUT2D eigenvalue weighted by atomic mass is 9.83. The number of nitrogens with zero attached hydrogens (tertiary/aromatic N) is 3. The van der Waals surface area contributed by atoms with Crippen LogP contribution in [-0.4, -0.2) is 73.6 Å². The van der Waals surface area contributed by atoms with E-state index in [1.165, 1.54) is 12.7 Å². The van der Waals surface area contributed by atoms with E-state index in [4.69, 9.17) is 4.74 Å². The Hall–Kier alpha value is -3.39. The van der Waals surface area contributed by atoms with Crippen molar-refractivity contribution in [2.24, 2.45) is 5.92 Å². The minimum atomic E-state index is -0.315. The van der Waals surface area contributed by atoms with Crippen molar-refractivity contribution in [1.82, 2.24) is 15.1 Å². The van der Waals surface area contributed by atoms with Crippen molar-refractivity contribution in [3.8, 4) is 0 Å². The first-order valence-electron chi connectivity index (χ1n) is 12.8. The van der Waals surface area contributed by atoms with Gasteiger partial charge < -0.3 is 15.0 Å². The number of hydrogen-bond acceptors (Lipinski definition) is 5. The summed E-state index contributed by atoms with van der Waals surface area (Å²) in [6, 6.07) is 15.7. The molecular formula is C28H34N4O4. The number of ether oxygens (including phenoxy) is 1. The quantitative estimate of drug-likeness (QED) is 0.630. The highest BCUT2D eigenvalue weighted by Gasteiger charge is 2.38. The highest BCUT2D eigenvalue weighted by molar-refractivity contribution is 5.94. The Bertz CT molecular complexity index is 1100. The monoisotopic (exact) mass is 490 g/mol.